The number of rotatable bonds is 5. The number of carbonyl (C=O) groups excluding carboxylic acids is 2. The van der Waals surface area contributed by atoms with Crippen LogP contribution in [0.25, 0.3) is 0 Å². The summed E-state index contributed by atoms with van der Waals surface area (Å²) in [5.74, 6) is -0.316. The molecule has 0 bridgehead atoms. The summed E-state index contributed by atoms with van der Waals surface area (Å²) in [6, 6.07) is 7.70. The van der Waals surface area contributed by atoms with E-state index in [1.807, 2.05) is 38.1 Å². The van der Waals surface area contributed by atoms with Crippen LogP contribution in [-0.4, -0.2) is 28.3 Å². The predicted octanol–water partition coefficient (Wildman–Crippen LogP) is 3.01. The van der Waals surface area contributed by atoms with Crippen molar-refractivity contribution in [3.63, 3.8) is 0 Å². The highest BCUT2D eigenvalue weighted by molar-refractivity contribution is 14.1. The molecule has 0 spiro atoms. The normalized spacial score (nSPS) is 20.8. The molecule has 1 saturated heterocycles. The van der Waals surface area contributed by atoms with Gasteiger partial charge in [-0.15, -0.1) is 0 Å². The number of aliphatic imine (C=N–C) groups is 1. The molecule has 1 aliphatic rings. The fourth-order valence-corrected chi connectivity index (χ4v) is 3.24. The first kappa shape index (κ1) is 17.3. The smallest absolute Gasteiger partial charge is 0.240 e. The minimum absolute atomic E-state index is 0.141. The molecule has 2 atom stereocenters. The number of halogens is 1. The Labute approximate surface area is 147 Å². The first-order chi connectivity index (χ1) is 10.5. The summed E-state index contributed by atoms with van der Waals surface area (Å²) >= 11 is 3.54. The standard InChI is InChI=1S/C15H18IN3O2S/c1-3-9(2)17-15-19-14(21)12(22-15)8-13(20)18-11-6-4-10(16)5-7-11/h4-7,9,12H,3,8H2,1-2H3,(H,18,20)(H,17,19,21)/t9-,12-/m0/s1. The van der Waals surface area contributed by atoms with Crippen molar-refractivity contribution in [2.75, 3.05) is 5.32 Å². The van der Waals surface area contributed by atoms with Gasteiger partial charge in [0.2, 0.25) is 11.8 Å². The quantitative estimate of drug-likeness (QED) is 0.705. The van der Waals surface area contributed by atoms with Gasteiger partial charge in [-0.3, -0.25) is 14.6 Å². The van der Waals surface area contributed by atoms with E-state index in [4.69, 9.17) is 0 Å². The van der Waals surface area contributed by atoms with Gasteiger partial charge in [0.05, 0.1) is 0 Å². The minimum Gasteiger partial charge on any atom is -0.326 e. The minimum atomic E-state index is -0.411. The Morgan fingerprint density at radius 1 is 1.45 bits per heavy atom. The lowest BCUT2D eigenvalue weighted by molar-refractivity contribution is -0.122. The Morgan fingerprint density at radius 2 is 2.14 bits per heavy atom. The van der Waals surface area contributed by atoms with E-state index in [1.54, 1.807) is 0 Å². The van der Waals surface area contributed by atoms with Crippen LogP contribution < -0.4 is 10.6 Å². The number of thioether (sulfide) groups is 1. The van der Waals surface area contributed by atoms with E-state index in [0.717, 1.165) is 15.7 Å². The van der Waals surface area contributed by atoms with Crippen LogP contribution >= 0.6 is 34.4 Å². The highest BCUT2D eigenvalue weighted by atomic mass is 127. The van der Waals surface area contributed by atoms with Gasteiger partial charge in [0, 0.05) is 21.7 Å². The molecule has 1 aromatic carbocycles. The number of carbonyl (C=O) groups is 2. The van der Waals surface area contributed by atoms with Crippen molar-refractivity contribution in [1.82, 2.24) is 5.32 Å². The third-order valence-electron chi connectivity index (χ3n) is 3.20. The van der Waals surface area contributed by atoms with Crippen molar-refractivity contribution in [2.24, 2.45) is 4.99 Å². The lowest BCUT2D eigenvalue weighted by atomic mass is 10.2. The van der Waals surface area contributed by atoms with E-state index in [-0.39, 0.29) is 24.3 Å². The summed E-state index contributed by atoms with van der Waals surface area (Å²) in [6.45, 7) is 4.04. The molecule has 1 heterocycles. The van der Waals surface area contributed by atoms with Crippen molar-refractivity contribution in [2.45, 2.75) is 38.0 Å². The van der Waals surface area contributed by atoms with Gasteiger partial charge in [0.15, 0.2) is 5.17 Å². The summed E-state index contributed by atoms with van der Waals surface area (Å²) in [7, 11) is 0. The van der Waals surface area contributed by atoms with Gasteiger partial charge < -0.3 is 10.6 Å². The summed E-state index contributed by atoms with van der Waals surface area (Å²) in [4.78, 5) is 28.3. The highest BCUT2D eigenvalue weighted by Crippen LogP contribution is 2.23. The average molecular weight is 431 g/mol. The number of nitrogens with zero attached hydrogens (tertiary/aromatic N) is 1. The predicted molar refractivity (Wildman–Crippen MR) is 99.1 cm³/mol. The van der Waals surface area contributed by atoms with E-state index in [0.29, 0.717) is 5.17 Å². The molecule has 118 valence electrons. The third kappa shape index (κ3) is 4.98. The SMILES string of the molecule is CC[C@H](C)N=C1NC(=O)[C@H](CC(=O)Nc2ccc(I)cc2)S1. The zero-order chi connectivity index (χ0) is 16.1. The third-order valence-corrected chi connectivity index (χ3v) is 5.02. The number of amidine groups is 1. The molecule has 1 aliphatic heterocycles. The molecule has 0 radical (unpaired) electrons. The number of hydrogen-bond acceptors (Lipinski definition) is 4. The van der Waals surface area contributed by atoms with Gasteiger partial charge >= 0.3 is 0 Å². The van der Waals surface area contributed by atoms with Crippen molar-refractivity contribution in [3.8, 4) is 0 Å². The van der Waals surface area contributed by atoms with E-state index in [1.165, 1.54) is 11.8 Å². The molecule has 1 fully saturated rings. The van der Waals surface area contributed by atoms with E-state index in [2.05, 4.69) is 38.2 Å². The van der Waals surface area contributed by atoms with Crippen molar-refractivity contribution >= 4 is 57.0 Å². The van der Waals surface area contributed by atoms with Gasteiger partial charge in [-0.1, -0.05) is 18.7 Å². The average Bonchev–Trinajstić information content (AvgIpc) is 2.81. The second-order valence-electron chi connectivity index (χ2n) is 5.05. The van der Waals surface area contributed by atoms with Crippen LogP contribution in [0.5, 0.6) is 0 Å². The fourth-order valence-electron chi connectivity index (χ4n) is 1.81. The maximum absolute atomic E-state index is 12.0. The molecule has 1 aromatic rings. The second-order valence-corrected chi connectivity index (χ2v) is 7.48. The zero-order valence-electron chi connectivity index (χ0n) is 12.4. The molecular weight excluding hydrogens is 413 g/mol. The summed E-state index contributed by atoms with van der Waals surface area (Å²) in [5.41, 5.74) is 0.738. The van der Waals surface area contributed by atoms with Crippen LogP contribution in [0.3, 0.4) is 0 Å². The van der Waals surface area contributed by atoms with Crippen LogP contribution in [0.2, 0.25) is 0 Å². The number of anilines is 1. The maximum atomic E-state index is 12.0. The van der Waals surface area contributed by atoms with Crippen molar-refractivity contribution in [3.05, 3.63) is 27.8 Å². The summed E-state index contributed by atoms with van der Waals surface area (Å²) < 4.78 is 1.10. The van der Waals surface area contributed by atoms with E-state index in [9.17, 15) is 9.59 Å². The lowest BCUT2D eigenvalue weighted by Crippen LogP contribution is -2.28. The molecule has 0 aliphatic carbocycles. The molecule has 5 nitrogen and oxygen atoms in total. The number of hydrogen-bond donors (Lipinski definition) is 2. The van der Waals surface area contributed by atoms with Crippen LogP contribution in [-0.2, 0) is 9.59 Å². The number of nitrogens with one attached hydrogen (secondary N) is 2. The molecule has 2 rings (SSSR count). The van der Waals surface area contributed by atoms with Crippen LogP contribution in [0.4, 0.5) is 5.69 Å². The Kier molecular flexibility index (Phi) is 6.25. The van der Waals surface area contributed by atoms with Gasteiger partial charge in [-0.2, -0.15) is 0 Å². The first-order valence-corrected chi connectivity index (χ1v) is 9.04. The maximum Gasteiger partial charge on any atom is 0.240 e. The van der Waals surface area contributed by atoms with Crippen molar-refractivity contribution in [1.29, 1.82) is 0 Å². The summed E-state index contributed by atoms with van der Waals surface area (Å²) in [6.07, 6.45) is 1.06. The number of amides is 2. The topological polar surface area (TPSA) is 70.6 Å². The second kappa shape index (κ2) is 7.96. The van der Waals surface area contributed by atoms with Crippen LogP contribution in [0, 0.1) is 3.57 Å². The summed E-state index contributed by atoms with van der Waals surface area (Å²) in [5, 5.41) is 5.75. The molecule has 0 aromatic heterocycles. The lowest BCUT2D eigenvalue weighted by Gasteiger charge is -2.07. The molecule has 7 heteroatoms. The number of benzene rings is 1. The first-order valence-electron chi connectivity index (χ1n) is 7.08. The highest BCUT2D eigenvalue weighted by Gasteiger charge is 2.32. The van der Waals surface area contributed by atoms with Gasteiger partial charge in [0.1, 0.15) is 5.25 Å². The van der Waals surface area contributed by atoms with Crippen LogP contribution in [0.15, 0.2) is 29.3 Å². The van der Waals surface area contributed by atoms with E-state index >= 15 is 0 Å². The van der Waals surface area contributed by atoms with E-state index < -0.39 is 5.25 Å². The van der Waals surface area contributed by atoms with Gasteiger partial charge in [0.25, 0.3) is 0 Å². The molecule has 0 saturated carbocycles. The fraction of sp³-hybridized carbons (Fsp3) is 0.400. The monoisotopic (exact) mass is 431 g/mol. The Morgan fingerprint density at radius 3 is 2.77 bits per heavy atom. The van der Waals surface area contributed by atoms with Gasteiger partial charge in [-0.05, 0) is 60.2 Å². The molecule has 2 amide bonds. The Balaban J connectivity index is 1.90. The van der Waals surface area contributed by atoms with Crippen LogP contribution in [0.1, 0.15) is 26.7 Å². The Hall–Kier alpha value is -1.09. The zero-order valence-corrected chi connectivity index (χ0v) is 15.4. The molecule has 2 N–H and O–H groups in total. The van der Waals surface area contributed by atoms with Crippen molar-refractivity contribution < 1.29 is 9.59 Å². The molecule has 0 unspecified atom stereocenters. The Bertz CT molecular complexity index is 589. The molecular formula is C15H18IN3O2S. The molecule has 22 heavy (non-hydrogen) atoms. The van der Waals surface area contributed by atoms with Gasteiger partial charge in [-0.25, -0.2) is 0 Å². The largest absolute Gasteiger partial charge is 0.326 e.